The van der Waals surface area contributed by atoms with Crippen molar-refractivity contribution in [1.29, 1.82) is 0 Å². The van der Waals surface area contributed by atoms with Crippen molar-refractivity contribution in [2.45, 2.75) is 25.8 Å². The number of aryl methyl sites for hydroxylation is 1. The molecule has 0 bridgehead atoms. The maximum atomic E-state index is 5.10. The molecule has 27 heavy (non-hydrogen) atoms. The van der Waals surface area contributed by atoms with E-state index in [9.17, 15) is 0 Å². The Morgan fingerprint density at radius 1 is 0.926 bits per heavy atom. The maximum absolute atomic E-state index is 5.10. The van der Waals surface area contributed by atoms with Gasteiger partial charge in [-0.25, -0.2) is 15.0 Å². The largest absolute Gasteiger partial charge is 0.467 e. The van der Waals surface area contributed by atoms with E-state index >= 15 is 0 Å². The summed E-state index contributed by atoms with van der Waals surface area (Å²) in [5, 5.41) is 0. The maximum Gasteiger partial charge on any atom is 0.316 e. The van der Waals surface area contributed by atoms with Crippen LogP contribution < -0.4 is 4.74 Å². The second-order valence-electron chi connectivity index (χ2n) is 6.86. The van der Waals surface area contributed by atoms with Gasteiger partial charge in [-0.2, -0.15) is 0 Å². The molecule has 0 unspecified atom stereocenters. The van der Waals surface area contributed by atoms with Gasteiger partial charge in [-0.3, -0.25) is 0 Å². The number of aromatic nitrogens is 4. The van der Waals surface area contributed by atoms with Crippen molar-refractivity contribution in [2.24, 2.45) is 0 Å². The summed E-state index contributed by atoms with van der Waals surface area (Å²) in [5.41, 5.74) is 4.07. The molecule has 6 nitrogen and oxygen atoms in total. The zero-order valence-corrected chi connectivity index (χ0v) is 15.7. The molecular weight excluding hydrogens is 338 g/mol. The van der Waals surface area contributed by atoms with E-state index < -0.39 is 0 Å². The minimum absolute atomic E-state index is 0.375. The van der Waals surface area contributed by atoms with Gasteiger partial charge in [-0.1, -0.05) is 30.3 Å². The molecule has 1 aliphatic rings. The third kappa shape index (κ3) is 4.01. The second kappa shape index (κ2) is 8.31. The number of methoxy groups -OCH3 is 1. The molecule has 2 aromatic heterocycles. The van der Waals surface area contributed by atoms with Crippen LogP contribution in [0.25, 0.3) is 22.5 Å². The summed E-state index contributed by atoms with van der Waals surface area (Å²) < 4.78 is 7.33. The molecule has 0 amide bonds. The van der Waals surface area contributed by atoms with Gasteiger partial charge in [0, 0.05) is 30.1 Å². The van der Waals surface area contributed by atoms with Gasteiger partial charge in [0.05, 0.1) is 24.8 Å². The van der Waals surface area contributed by atoms with Gasteiger partial charge in [-0.05, 0) is 38.9 Å². The fourth-order valence-electron chi connectivity index (χ4n) is 3.68. The molecule has 0 N–H and O–H groups in total. The molecule has 0 saturated carbocycles. The highest BCUT2D eigenvalue weighted by molar-refractivity contribution is 5.77. The zero-order valence-electron chi connectivity index (χ0n) is 15.7. The number of likely N-dealkylation sites (tertiary alicyclic amines) is 1. The summed E-state index contributed by atoms with van der Waals surface area (Å²) >= 11 is 0. The Balaban J connectivity index is 1.62. The van der Waals surface area contributed by atoms with Crippen LogP contribution in [0.3, 0.4) is 0 Å². The monoisotopic (exact) mass is 363 g/mol. The average molecular weight is 363 g/mol. The third-order valence-corrected chi connectivity index (χ3v) is 5.04. The van der Waals surface area contributed by atoms with Gasteiger partial charge >= 0.3 is 6.01 Å². The summed E-state index contributed by atoms with van der Waals surface area (Å²) in [4.78, 5) is 15.8. The van der Waals surface area contributed by atoms with Gasteiger partial charge in [0.15, 0.2) is 0 Å². The highest BCUT2D eigenvalue weighted by Gasteiger charge is 2.17. The normalized spacial score (nSPS) is 14.6. The van der Waals surface area contributed by atoms with Crippen molar-refractivity contribution in [3.63, 3.8) is 0 Å². The van der Waals surface area contributed by atoms with Crippen molar-refractivity contribution in [2.75, 3.05) is 26.7 Å². The predicted molar refractivity (Wildman–Crippen MR) is 106 cm³/mol. The molecule has 1 fully saturated rings. The Morgan fingerprint density at radius 3 is 2.37 bits per heavy atom. The van der Waals surface area contributed by atoms with Crippen molar-refractivity contribution in [3.8, 4) is 28.5 Å². The van der Waals surface area contributed by atoms with E-state index in [0.717, 1.165) is 42.0 Å². The summed E-state index contributed by atoms with van der Waals surface area (Å²) in [6, 6.07) is 10.6. The number of rotatable bonds is 7. The predicted octanol–water partition coefficient (Wildman–Crippen LogP) is 3.50. The van der Waals surface area contributed by atoms with Crippen LogP contribution in [-0.4, -0.2) is 51.2 Å². The number of nitrogens with zero attached hydrogens (tertiary/aromatic N) is 5. The molecule has 0 radical (unpaired) electrons. The van der Waals surface area contributed by atoms with E-state index in [-0.39, 0.29) is 0 Å². The Morgan fingerprint density at radius 2 is 1.67 bits per heavy atom. The van der Waals surface area contributed by atoms with E-state index in [1.165, 1.54) is 25.9 Å². The first-order valence-electron chi connectivity index (χ1n) is 9.54. The third-order valence-electron chi connectivity index (χ3n) is 5.04. The minimum Gasteiger partial charge on any atom is -0.467 e. The van der Waals surface area contributed by atoms with Crippen LogP contribution in [0, 0.1) is 0 Å². The molecule has 1 aromatic carbocycles. The van der Waals surface area contributed by atoms with Gasteiger partial charge in [0.2, 0.25) is 0 Å². The molecule has 0 spiro atoms. The minimum atomic E-state index is 0.375. The lowest BCUT2D eigenvalue weighted by molar-refractivity contribution is 0.325. The standard InChI is InChI=1S/C21H25N5O/c1-27-21-22-14-18(15-23-21)20-19(17-8-3-2-4-9-17)24-16-26(20)13-7-12-25-10-5-6-11-25/h2-4,8-9,14-16H,5-7,10-13H2,1H3. The fourth-order valence-corrected chi connectivity index (χ4v) is 3.68. The number of imidazole rings is 1. The Bertz CT molecular complexity index is 854. The number of hydrogen-bond donors (Lipinski definition) is 0. The SMILES string of the molecule is COc1ncc(-c2c(-c3ccccc3)ncn2CCCN2CCCC2)cn1. The summed E-state index contributed by atoms with van der Waals surface area (Å²) in [6.45, 7) is 4.53. The van der Waals surface area contributed by atoms with E-state index in [2.05, 4.69) is 31.6 Å². The Labute approximate surface area is 159 Å². The lowest BCUT2D eigenvalue weighted by atomic mass is 10.1. The molecule has 140 valence electrons. The number of benzene rings is 1. The average Bonchev–Trinajstić information content (AvgIpc) is 3.39. The van der Waals surface area contributed by atoms with Crippen LogP contribution >= 0.6 is 0 Å². The van der Waals surface area contributed by atoms with Gasteiger partial charge in [0.25, 0.3) is 0 Å². The Kier molecular flexibility index (Phi) is 5.44. The number of ether oxygens (including phenoxy) is 1. The first kappa shape index (κ1) is 17.7. The van der Waals surface area contributed by atoms with Gasteiger partial charge in [-0.15, -0.1) is 0 Å². The zero-order chi connectivity index (χ0) is 18.5. The quantitative estimate of drug-likeness (QED) is 0.643. The van der Waals surface area contributed by atoms with Crippen LogP contribution in [0.15, 0.2) is 49.1 Å². The topological polar surface area (TPSA) is 56.1 Å². The van der Waals surface area contributed by atoms with E-state index in [4.69, 9.17) is 9.72 Å². The first-order chi connectivity index (χ1) is 13.3. The van der Waals surface area contributed by atoms with Crippen LogP contribution in [0.1, 0.15) is 19.3 Å². The molecule has 6 heteroatoms. The highest BCUT2D eigenvalue weighted by Crippen LogP contribution is 2.31. The van der Waals surface area contributed by atoms with E-state index in [1.54, 1.807) is 7.11 Å². The second-order valence-corrected chi connectivity index (χ2v) is 6.86. The van der Waals surface area contributed by atoms with Gasteiger partial charge < -0.3 is 14.2 Å². The van der Waals surface area contributed by atoms with Crippen LogP contribution in [0.2, 0.25) is 0 Å². The molecule has 0 atom stereocenters. The fraction of sp³-hybridized carbons (Fsp3) is 0.381. The first-order valence-corrected chi connectivity index (χ1v) is 9.54. The van der Waals surface area contributed by atoms with Crippen molar-refractivity contribution < 1.29 is 4.74 Å². The van der Waals surface area contributed by atoms with Crippen LogP contribution in [-0.2, 0) is 6.54 Å². The van der Waals surface area contributed by atoms with Crippen molar-refractivity contribution >= 4 is 0 Å². The lowest BCUT2D eigenvalue weighted by Crippen LogP contribution is -2.21. The molecule has 4 rings (SSSR count). The van der Waals surface area contributed by atoms with E-state index in [1.807, 2.05) is 36.9 Å². The highest BCUT2D eigenvalue weighted by atomic mass is 16.5. The molecule has 3 heterocycles. The molecule has 0 aliphatic carbocycles. The van der Waals surface area contributed by atoms with E-state index in [0.29, 0.717) is 6.01 Å². The molecule has 3 aromatic rings. The molecule has 1 aliphatic heterocycles. The smallest absolute Gasteiger partial charge is 0.316 e. The Hall–Kier alpha value is -2.73. The van der Waals surface area contributed by atoms with Crippen LogP contribution in [0.5, 0.6) is 6.01 Å². The van der Waals surface area contributed by atoms with Crippen molar-refractivity contribution in [1.82, 2.24) is 24.4 Å². The van der Waals surface area contributed by atoms with Gasteiger partial charge in [0.1, 0.15) is 0 Å². The molecule has 1 saturated heterocycles. The van der Waals surface area contributed by atoms with Crippen LogP contribution in [0.4, 0.5) is 0 Å². The lowest BCUT2D eigenvalue weighted by Gasteiger charge is -2.15. The summed E-state index contributed by atoms with van der Waals surface area (Å²) in [7, 11) is 1.58. The summed E-state index contributed by atoms with van der Waals surface area (Å²) in [6.07, 6.45) is 9.33. The molecular formula is C21H25N5O. The van der Waals surface area contributed by atoms with Crippen molar-refractivity contribution in [3.05, 3.63) is 49.1 Å². The summed E-state index contributed by atoms with van der Waals surface area (Å²) in [5.74, 6) is 0. The number of hydrogen-bond acceptors (Lipinski definition) is 5.